The van der Waals surface area contributed by atoms with Gasteiger partial charge in [0.2, 0.25) is 0 Å². The van der Waals surface area contributed by atoms with Gasteiger partial charge < -0.3 is 9.52 Å². The first kappa shape index (κ1) is 14.7. The van der Waals surface area contributed by atoms with Crippen LogP contribution in [0.25, 0.3) is 22.2 Å². The third-order valence-electron chi connectivity index (χ3n) is 4.24. The third kappa shape index (κ3) is 2.61. The molecular weight excluding hydrogens is 300 g/mol. The molecule has 0 atom stereocenters. The van der Waals surface area contributed by atoms with E-state index in [9.17, 15) is 5.11 Å². The Morgan fingerprint density at radius 1 is 0.958 bits per heavy atom. The van der Waals surface area contributed by atoms with Gasteiger partial charge in [0.15, 0.2) is 0 Å². The van der Waals surface area contributed by atoms with Crippen LogP contribution in [0.4, 0.5) is 0 Å². The molecule has 4 heteroatoms. The van der Waals surface area contributed by atoms with Gasteiger partial charge in [-0.3, -0.25) is 4.68 Å². The van der Waals surface area contributed by atoms with Crippen molar-refractivity contribution < 1.29 is 9.52 Å². The second kappa shape index (κ2) is 6.34. The number of aliphatic hydroxyl groups is 1. The predicted molar refractivity (Wildman–Crippen MR) is 93.5 cm³/mol. The number of aromatic nitrogens is 2. The van der Waals surface area contributed by atoms with Gasteiger partial charge in [0.05, 0.1) is 24.1 Å². The molecule has 0 aliphatic heterocycles. The first-order valence-electron chi connectivity index (χ1n) is 8.04. The van der Waals surface area contributed by atoms with E-state index in [0.29, 0.717) is 5.69 Å². The Labute approximate surface area is 140 Å². The maximum absolute atomic E-state index is 9.75. The van der Waals surface area contributed by atoms with Crippen LogP contribution in [-0.4, -0.2) is 14.9 Å². The van der Waals surface area contributed by atoms with Crippen LogP contribution in [0.15, 0.2) is 71.3 Å². The highest BCUT2D eigenvalue weighted by Gasteiger charge is 2.15. The Balaban J connectivity index is 1.76. The van der Waals surface area contributed by atoms with Crippen molar-refractivity contribution in [3.8, 4) is 11.3 Å². The molecule has 0 amide bonds. The number of benzene rings is 2. The van der Waals surface area contributed by atoms with Gasteiger partial charge in [0.1, 0.15) is 5.76 Å². The molecule has 24 heavy (non-hydrogen) atoms. The molecule has 2 aromatic carbocycles. The molecule has 4 aromatic rings. The van der Waals surface area contributed by atoms with E-state index in [2.05, 4.69) is 17.2 Å². The molecule has 0 saturated heterocycles. The van der Waals surface area contributed by atoms with Gasteiger partial charge >= 0.3 is 0 Å². The van der Waals surface area contributed by atoms with E-state index in [1.165, 1.54) is 5.56 Å². The largest absolute Gasteiger partial charge is 0.464 e. The van der Waals surface area contributed by atoms with Gasteiger partial charge in [-0.1, -0.05) is 42.5 Å². The summed E-state index contributed by atoms with van der Waals surface area (Å²) in [6, 6.07) is 20.2. The van der Waals surface area contributed by atoms with Crippen LogP contribution < -0.4 is 0 Å². The summed E-state index contributed by atoms with van der Waals surface area (Å²) in [5.74, 6) is 0.790. The monoisotopic (exact) mass is 318 g/mol. The van der Waals surface area contributed by atoms with E-state index in [1.54, 1.807) is 6.26 Å². The fourth-order valence-electron chi connectivity index (χ4n) is 3.11. The summed E-state index contributed by atoms with van der Waals surface area (Å²) in [5, 5.41) is 15.3. The average Bonchev–Trinajstić information content (AvgIpc) is 3.28. The molecule has 120 valence electrons. The Hall–Kier alpha value is -2.85. The SMILES string of the molecule is OCc1nn(CCc2ccccc2)c2cccc(-c3ccco3)c12. The van der Waals surface area contributed by atoms with Crippen molar-refractivity contribution in [3.63, 3.8) is 0 Å². The summed E-state index contributed by atoms with van der Waals surface area (Å²) in [7, 11) is 0. The maximum atomic E-state index is 9.75. The van der Waals surface area contributed by atoms with Crippen LogP contribution in [0.2, 0.25) is 0 Å². The molecule has 0 spiro atoms. The molecule has 0 aliphatic carbocycles. The first-order valence-corrected chi connectivity index (χ1v) is 8.04. The van der Waals surface area contributed by atoms with Crippen molar-refractivity contribution in [1.82, 2.24) is 9.78 Å². The topological polar surface area (TPSA) is 51.2 Å². The van der Waals surface area contributed by atoms with Crippen molar-refractivity contribution in [2.45, 2.75) is 19.6 Å². The van der Waals surface area contributed by atoms with Crippen LogP contribution in [-0.2, 0) is 19.6 Å². The van der Waals surface area contributed by atoms with Gasteiger partial charge in [-0.2, -0.15) is 5.10 Å². The molecule has 2 aromatic heterocycles. The maximum Gasteiger partial charge on any atom is 0.134 e. The van der Waals surface area contributed by atoms with Crippen LogP contribution in [0, 0.1) is 0 Å². The summed E-state index contributed by atoms with van der Waals surface area (Å²) in [6.07, 6.45) is 2.56. The molecular formula is C20H18N2O2. The Morgan fingerprint density at radius 3 is 2.58 bits per heavy atom. The second-order valence-corrected chi connectivity index (χ2v) is 5.74. The van der Waals surface area contributed by atoms with Crippen molar-refractivity contribution in [2.24, 2.45) is 0 Å². The minimum absolute atomic E-state index is 0.0907. The Bertz CT molecular complexity index is 941. The summed E-state index contributed by atoms with van der Waals surface area (Å²) < 4.78 is 7.52. The van der Waals surface area contributed by atoms with Gasteiger partial charge in [-0.05, 0) is 30.2 Å². The number of rotatable bonds is 5. The van der Waals surface area contributed by atoms with Crippen molar-refractivity contribution in [1.29, 1.82) is 0 Å². The number of fused-ring (bicyclic) bond motifs is 1. The molecule has 4 nitrogen and oxygen atoms in total. The number of hydrogen-bond acceptors (Lipinski definition) is 3. The van der Waals surface area contributed by atoms with E-state index in [0.717, 1.165) is 35.2 Å². The molecule has 0 unspecified atom stereocenters. The zero-order valence-electron chi connectivity index (χ0n) is 13.2. The number of aliphatic hydroxyl groups excluding tert-OH is 1. The standard InChI is InChI=1S/C20H18N2O2/c23-14-17-20-16(19-10-5-13-24-19)8-4-9-18(20)22(21-17)12-11-15-6-2-1-3-7-15/h1-10,13,23H,11-12,14H2. The molecule has 0 saturated carbocycles. The number of furan rings is 1. The minimum atomic E-state index is -0.0907. The highest BCUT2D eigenvalue weighted by Crippen LogP contribution is 2.31. The van der Waals surface area contributed by atoms with Crippen molar-refractivity contribution in [3.05, 3.63) is 78.2 Å². The zero-order chi connectivity index (χ0) is 16.4. The van der Waals surface area contributed by atoms with Gasteiger partial charge in [0, 0.05) is 17.5 Å². The summed E-state index contributed by atoms with van der Waals surface area (Å²) >= 11 is 0. The molecule has 1 N–H and O–H groups in total. The van der Waals surface area contributed by atoms with Crippen LogP contribution in [0.3, 0.4) is 0 Å². The molecule has 0 bridgehead atoms. The van der Waals surface area contributed by atoms with Gasteiger partial charge in [-0.25, -0.2) is 0 Å². The van der Waals surface area contributed by atoms with E-state index in [1.807, 2.05) is 53.2 Å². The summed E-state index contributed by atoms with van der Waals surface area (Å²) in [6.45, 7) is 0.675. The van der Waals surface area contributed by atoms with Crippen LogP contribution in [0.1, 0.15) is 11.3 Å². The van der Waals surface area contributed by atoms with E-state index in [4.69, 9.17) is 4.42 Å². The van der Waals surface area contributed by atoms with Crippen molar-refractivity contribution >= 4 is 10.9 Å². The van der Waals surface area contributed by atoms with Gasteiger partial charge in [-0.15, -0.1) is 0 Å². The minimum Gasteiger partial charge on any atom is -0.464 e. The normalized spacial score (nSPS) is 11.2. The van der Waals surface area contributed by atoms with Crippen LogP contribution >= 0.6 is 0 Å². The smallest absolute Gasteiger partial charge is 0.134 e. The lowest BCUT2D eigenvalue weighted by Crippen LogP contribution is -2.03. The Kier molecular flexibility index (Phi) is 3.89. The number of aryl methyl sites for hydroxylation is 2. The Morgan fingerprint density at radius 2 is 1.83 bits per heavy atom. The molecule has 4 rings (SSSR count). The van der Waals surface area contributed by atoms with Crippen LogP contribution in [0.5, 0.6) is 0 Å². The highest BCUT2D eigenvalue weighted by atomic mass is 16.3. The second-order valence-electron chi connectivity index (χ2n) is 5.74. The lowest BCUT2D eigenvalue weighted by Gasteiger charge is -2.05. The van der Waals surface area contributed by atoms with E-state index < -0.39 is 0 Å². The predicted octanol–water partition coefficient (Wildman–Crippen LogP) is 4.03. The number of nitrogens with zero attached hydrogens (tertiary/aromatic N) is 2. The molecule has 0 radical (unpaired) electrons. The lowest BCUT2D eigenvalue weighted by molar-refractivity contribution is 0.276. The fourth-order valence-corrected chi connectivity index (χ4v) is 3.11. The highest BCUT2D eigenvalue weighted by molar-refractivity contribution is 5.95. The average molecular weight is 318 g/mol. The van der Waals surface area contributed by atoms with Gasteiger partial charge in [0.25, 0.3) is 0 Å². The lowest BCUT2D eigenvalue weighted by atomic mass is 10.1. The molecule has 2 heterocycles. The number of hydrogen-bond donors (Lipinski definition) is 1. The zero-order valence-corrected chi connectivity index (χ0v) is 13.2. The molecule has 0 aliphatic rings. The van der Waals surface area contributed by atoms with E-state index in [-0.39, 0.29) is 6.61 Å². The fraction of sp³-hybridized carbons (Fsp3) is 0.150. The third-order valence-corrected chi connectivity index (χ3v) is 4.24. The summed E-state index contributed by atoms with van der Waals surface area (Å²) in [5.41, 5.74) is 3.94. The van der Waals surface area contributed by atoms with E-state index >= 15 is 0 Å². The summed E-state index contributed by atoms with van der Waals surface area (Å²) in [4.78, 5) is 0. The van der Waals surface area contributed by atoms with Crippen molar-refractivity contribution in [2.75, 3.05) is 0 Å². The molecule has 0 fully saturated rings. The first-order chi connectivity index (χ1) is 11.9. The quantitative estimate of drug-likeness (QED) is 0.604.